The first-order valence-electron chi connectivity index (χ1n) is 9.27. The van der Waals surface area contributed by atoms with Gasteiger partial charge in [0.05, 0.1) is 5.69 Å². The molecule has 1 aromatic heterocycles. The van der Waals surface area contributed by atoms with E-state index in [0.29, 0.717) is 18.7 Å². The molecule has 0 saturated carbocycles. The smallest absolute Gasteiger partial charge is 0.224 e. The van der Waals surface area contributed by atoms with E-state index in [0.717, 1.165) is 41.4 Å². The van der Waals surface area contributed by atoms with Gasteiger partial charge < -0.3 is 15.1 Å². The van der Waals surface area contributed by atoms with E-state index >= 15 is 0 Å². The Morgan fingerprint density at radius 2 is 1.81 bits per heavy atom. The van der Waals surface area contributed by atoms with E-state index < -0.39 is 0 Å². The van der Waals surface area contributed by atoms with Gasteiger partial charge in [-0.05, 0) is 25.1 Å². The fraction of sp³-hybridized carbons (Fsp3) is 0.273. The summed E-state index contributed by atoms with van der Waals surface area (Å²) in [5.41, 5.74) is 3.76. The number of para-hydroxylation sites is 1. The molecule has 140 valence electrons. The molecule has 0 atom stereocenters. The molecule has 0 bridgehead atoms. The molecule has 2 aromatic carbocycles. The lowest BCUT2D eigenvalue weighted by molar-refractivity contribution is -0.116. The van der Waals surface area contributed by atoms with Crippen molar-refractivity contribution in [1.29, 1.82) is 0 Å². The highest BCUT2D eigenvalue weighted by molar-refractivity contribution is 5.91. The number of anilines is 1. The number of oxazole rings is 1. The van der Waals surface area contributed by atoms with Crippen molar-refractivity contribution in [2.45, 2.75) is 33.2 Å². The Hall–Kier alpha value is -2.92. The molecule has 0 aliphatic heterocycles. The number of amides is 1. The van der Waals surface area contributed by atoms with Crippen molar-refractivity contribution in [1.82, 2.24) is 10.3 Å². The fourth-order valence-electron chi connectivity index (χ4n) is 2.91. The third kappa shape index (κ3) is 5.05. The van der Waals surface area contributed by atoms with Gasteiger partial charge in [0, 0.05) is 30.6 Å². The van der Waals surface area contributed by atoms with Crippen molar-refractivity contribution in [2.75, 3.05) is 11.9 Å². The fourth-order valence-corrected chi connectivity index (χ4v) is 2.91. The minimum Gasteiger partial charge on any atom is -0.440 e. The normalized spacial score (nSPS) is 10.7. The molecular formula is C22H25N3O2. The zero-order valence-corrected chi connectivity index (χ0v) is 15.8. The van der Waals surface area contributed by atoms with Crippen LogP contribution in [0, 0.1) is 6.92 Å². The summed E-state index contributed by atoms with van der Waals surface area (Å²) < 4.78 is 5.88. The second-order valence-electron chi connectivity index (χ2n) is 6.37. The number of carbonyl (C=O) groups is 1. The summed E-state index contributed by atoms with van der Waals surface area (Å²) in [5, 5.41) is 6.28. The van der Waals surface area contributed by atoms with Crippen molar-refractivity contribution in [3.8, 4) is 11.3 Å². The molecule has 0 spiro atoms. The number of hydrogen-bond acceptors (Lipinski definition) is 4. The van der Waals surface area contributed by atoms with Gasteiger partial charge in [-0.1, -0.05) is 55.5 Å². The molecule has 0 unspecified atom stereocenters. The molecule has 0 radical (unpaired) electrons. The van der Waals surface area contributed by atoms with Crippen LogP contribution in [-0.4, -0.2) is 17.4 Å². The highest BCUT2D eigenvalue weighted by Crippen LogP contribution is 2.24. The summed E-state index contributed by atoms with van der Waals surface area (Å²) >= 11 is 0. The van der Waals surface area contributed by atoms with Crippen molar-refractivity contribution in [3.63, 3.8) is 0 Å². The number of benzene rings is 2. The highest BCUT2D eigenvalue weighted by atomic mass is 16.4. The Bertz CT molecular complexity index is 888. The number of carbonyl (C=O) groups excluding carboxylic acids is 1. The van der Waals surface area contributed by atoms with E-state index in [4.69, 9.17) is 4.42 Å². The minimum absolute atomic E-state index is 0.0453. The number of nitrogens with one attached hydrogen (secondary N) is 2. The maximum atomic E-state index is 12.4. The van der Waals surface area contributed by atoms with E-state index in [1.807, 2.05) is 61.5 Å². The van der Waals surface area contributed by atoms with Crippen molar-refractivity contribution in [3.05, 3.63) is 71.7 Å². The maximum Gasteiger partial charge on any atom is 0.224 e. The third-order valence-electron chi connectivity index (χ3n) is 4.30. The van der Waals surface area contributed by atoms with Gasteiger partial charge in [0.1, 0.15) is 0 Å². The largest absolute Gasteiger partial charge is 0.440 e. The molecular weight excluding hydrogens is 338 g/mol. The summed E-state index contributed by atoms with van der Waals surface area (Å²) in [4.78, 5) is 16.8. The summed E-state index contributed by atoms with van der Waals surface area (Å²) in [7, 11) is 0. The maximum absolute atomic E-state index is 12.4. The summed E-state index contributed by atoms with van der Waals surface area (Å²) in [6.07, 6.45) is 0.790. The Morgan fingerprint density at radius 1 is 1.07 bits per heavy atom. The van der Waals surface area contributed by atoms with Gasteiger partial charge in [0.15, 0.2) is 11.7 Å². The van der Waals surface area contributed by atoms with Crippen molar-refractivity contribution >= 4 is 11.6 Å². The van der Waals surface area contributed by atoms with Gasteiger partial charge in [-0.25, -0.2) is 4.98 Å². The average molecular weight is 363 g/mol. The summed E-state index contributed by atoms with van der Waals surface area (Å²) in [5.74, 6) is 1.31. The van der Waals surface area contributed by atoms with Crippen LogP contribution in [0.25, 0.3) is 11.3 Å². The second kappa shape index (κ2) is 9.14. The van der Waals surface area contributed by atoms with E-state index in [2.05, 4.69) is 22.5 Å². The van der Waals surface area contributed by atoms with Crippen LogP contribution in [0.3, 0.4) is 0 Å². The summed E-state index contributed by atoms with van der Waals surface area (Å²) in [6, 6.07) is 17.7. The van der Waals surface area contributed by atoms with Crippen molar-refractivity contribution in [2.24, 2.45) is 0 Å². The molecule has 0 aliphatic carbocycles. The second-order valence-corrected chi connectivity index (χ2v) is 6.37. The lowest BCUT2D eigenvalue weighted by Crippen LogP contribution is -2.17. The van der Waals surface area contributed by atoms with Crippen LogP contribution >= 0.6 is 0 Å². The Balaban J connectivity index is 1.60. The molecule has 0 aliphatic rings. The Kier molecular flexibility index (Phi) is 6.39. The Labute approximate surface area is 159 Å². The molecule has 3 aromatic rings. The van der Waals surface area contributed by atoms with Crippen LogP contribution in [0.15, 0.2) is 59.0 Å². The van der Waals surface area contributed by atoms with Gasteiger partial charge in [0.2, 0.25) is 5.91 Å². The molecule has 0 saturated heterocycles. The van der Waals surface area contributed by atoms with Crippen LogP contribution < -0.4 is 10.6 Å². The van der Waals surface area contributed by atoms with E-state index in [1.54, 1.807) is 0 Å². The number of nitrogens with zero attached hydrogens (tertiary/aromatic N) is 1. The lowest BCUT2D eigenvalue weighted by Gasteiger charge is -2.11. The van der Waals surface area contributed by atoms with Crippen LogP contribution in [0.1, 0.15) is 30.5 Å². The zero-order chi connectivity index (χ0) is 19.1. The average Bonchev–Trinajstić information content (AvgIpc) is 3.07. The van der Waals surface area contributed by atoms with E-state index in [1.165, 1.54) is 0 Å². The Morgan fingerprint density at radius 3 is 2.59 bits per heavy atom. The van der Waals surface area contributed by atoms with Crippen LogP contribution in [0.2, 0.25) is 0 Å². The van der Waals surface area contributed by atoms with Crippen LogP contribution in [0.4, 0.5) is 5.69 Å². The third-order valence-corrected chi connectivity index (χ3v) is 4.30. The van der Waals surface area contributed by atoms with Gasteiger partial charge in [-0.2, -0.15) is 0 Å². The molecule has 5 nitrogen and oxygen atoms in total. The quantitative estimate of drug-likeness (QED) is 0.625. The summed E-state index contributed by atoms with van der Waals surface area (Å²) in [6.45, 7) is 5.59. The first kappa shape index (κ1) is 18.9. The number of rotatable bonds is 8. The SMILES string of the molecule is CCNCc1ccccc1NC(=O)CCc1nc(C)c(-c2ccccc2)o1. The van der Waals surface area contributed by atoms with Crippen molar-refractivity contribution < 1.29 is 9.21 Å². The lowest BCUT2D eigenvalue weighted by atomic mass is 10.1. The molecule has 1 heterocycles. The zero-order valence-electron chi connectivity index (χ0n) is 15.8. The molecule has 3 rings (SSSR count). The van der Waals surface area contributed by atoms with Gasteiger partial charge >= 0.3 is 0 Å². The minimum atomic E-state index is -0.0453. The number of aryl methyl sites for hydroxylation is 2. The predicted molar refractivity (Wildman–Crippen MR) is 107 cm³/mol. The molecule has 27 heavy (non-hydrogen) atoms. The van der Waals surface area contributed by atoms with E-state index in [9.17, 15) is 4.79 Å². The van der Waals surface area contributed by atoms with E-state index in [-0.39, 0.29) is 5.91 Å². The molecule has 1 amide bonds. The standard InChI is InChI=1S/C22H25N3O2/c1-3-23-15-18-11-7-8-12-19(18)25-20(26)13-14-21-24-16(2)22(27-21)17-9-5-4-6-10-17/h4-12,23H,3,13-15H2,1-2H3,(H,25,26). The van der Waals surface area contributed by atoms with Gasteiger partial charge in [-0.3, -0.25) is 4.79 Å². The van der Waals surface area contributed by atoms with Gasteiger partial charge in [-0.15, -0.1) is 0 Å². The molecule has 5 heteroatoms. The highest BCUT2D eigenvalue weighted by Gasteiger charge is 2.13. The number of hydrogen-bond donors (Lipinski definition) is 2. The monoisotopic (exact) mass is 363 g/mol. The number of aromatic nitrogens is 1. The molecule has 2 N–H and O–H groups in total. The predicted octanol–water partition coefficient (Wildman–Crippen LogP) is 4.33. The first-order chi connectivity index (χ1) is 13.2. The molecule has 0 fully saturated rings. The van der Waals surface area contributed by atoms with Crippen LogP contribution in [0.5, 0.6) is 0 Å². The topological polar surface area (TPSA) is 67.2 Å². The van der Waals surface area contributed by atoms with Gasteiger partial charge in [0.25, 0.3) is 0 Å². The first-order valence-corrected chi connectivity index (χ1v) is 9.27. The van der Waals surface area contributed by atoms with Crippen LogP contribution in [-0.2, 0) is 17.8 Å².